The predicted molar refractivity (Wildman–Crippen MR) is 64.1 cm³/mol. The van der Waals surface area contributed by atoms with Crippen LogP contribution in [0.25, 0.3) is 21.8 Å². The molecule has 1 N–H and O–H groups in total. The first kappa shape index (κ1) is 9.45. The van der Waals surface area contributed by atoms with E-state index in [2.05, 4.69) is 23.2 Å². The third-order valence-corrected chi connectivity index (χ3v) is 2.78. The second-order valence-corrected chi connectivity index (χ2v) is 3.75. The van der Waals surface area contributed by atoms with Crippen LogP contribution in [-0.4, -0.2) is 4.98 Å². The Balaban J connectivity index is 2.57. The number of nitrogens with one attached hydrogen (secondary N) is 1. The third-order valence-electron chi connectivity index (χ3n) is 2.78. The quantitative estimate of drug-likeness (QED) is 0.628. The Kier molecular flexibility index (Phi) is 1.87. The molecule has 1 aromatic heterocycles. The molecule has 0 bridgehead atoms. The molecule has 0 spiro atoms. The highest BCUT2D eigenvalue weighted by Gasteiger charge is 2.08. The van der Waals surface area contributed by atoms with E-state index in [1.807, 2.05) is 12.1 Å². The molecule has 0 aliphatic rings. The maximum absolute atomic E-state index is 9.10. The van der Waals surface area contributed by atoms with E-state index in [9.17, 15) is 0 Å². The van der Waals surface area contributed by atoms with Crippen molar-refractivity contribution in [3.63, 3.8) is 0 Å². The Morgan fingerprint density at radius 1 is 1.18 bits per heavy atom. The molecule has 77 valence electrons. The molecule has 0 aliphatic carbocycles. The van der Waals surface area contributed by atoms with Crippen LogP contribution in [-0.2, 0) is 0 Å². The van der Waals surface area contributed by atoms with Crippen LogP contribution in [0.3, 0.4) is 0 Å². The highest BCUT2D eigenvalue weighted by Crippen LogP contribution is 2.28. The van der Waals surface area contributed by atoms with E-state index in [-0.39, 0.29) is 0 Å². The van der Waals surface area contributed by atoms with Gasteiger partial charge in [0, 0.05) is 22.4 Å². The molecule has 3 heteroatoms. The number of hydrogen-bond acceptors (Lipinski definition) is 2. The van der Waals surface area contributed by atoms with Gasteiger partial charge in [0.1, 0.15) is 0 Å². The van der Waals surface area contributed by atoms with E-state index in [4.69, 9.17) is 10.5 Å². The molecule has 2 aromatic carbocycles. The van der Waals surface area contributed by atoms with Gasteiger partial charge in [-0.1, -0.05) is 6.07 Å². The molecule has 17 heavy (non-hydrogen) atoms. The predicted octanol–water partition coefficient (Wildman–Crippen LogP) is 2.86. The number of nitriles is 2. The molecule has 3 rings (SSSR count). The van der Waals surface area contributed by atoms with E-state index in [0.717, 1.165) is 21.8 Å². The van der Waals surface area contributed by atoms with Crippen molar-refractivity contribution in [3.05, 3.63) is 47.5 Å². The van der Waals surface area contributed by atoms with Crippen molar-refractivity contribution in [2.75, 3.05) is 0 Å². The van der Waals surface area contributed by atoms with Crippen LogP contribution in [0.1, 0.15) is 11.1 Å². The number of aromatic nitrogens is 1. The smallest absolute Gasteiger partial charge is 0.0998 e. The molecule has 1 radical (unpaired) electrons. The largest absolute Gasteiger partial charge is 0.354 e. The van der Waals surface area contributed by atoms with E-state index in [1.165, 1.54) is 0 Å². The van der Waals surface area contributed by atoms with Crippen molar-refractivity contribution < 1.29 is 0 Å². The van der Waals surface area contributed by atoms with Crippen molar-refractivity contribution >= 4 is 21.8 Å². The lowest BCUT2D eigenvalue weighted by Gasteiger charge is -1.94. The van der Waals surface area contributed by atoms with Gasteiger partial charge in [0.2, 0.25) is 0 Å². The molecule has 1 heterocycles. The van der Waals surface area contributed by atoms with Crippen molar-refractivity contribution in [1.29, 1.82) is 10.5 Å². The zero-order chi connectivity index (χ0) is 11.8. The molecular formula is C14H6N3. The molecular weight excluding hydrogens is 210 g/mol. The Hall–Kier alpha value is -2.78. The van der Waals surface area contributed by atoms with Crippen LogP contribution in [0.15, 0.2) is 30.3 Å². The van der Waals surface area contributed by atoms with E-state index < -0.39 is 0 Å². The molecule has 0 atom stereocenters. The van der Waals surface area contributed by atoms with Crippen molar-refractivity contribution in [3.8, 4) is 12.1 Å². The summed E-state index contributed by atoms with van der Waals surface area (Å²) in [7, 11) is 0. The Labute approximate surface area is 97.5 Å². The first-order valence-corrected chi connectivity index (χ1v) is 5.10. The van der Waals surface area contributed by atoms with Crippen LogP contribution >= 0.6 is 0 Å². The topological polar surface area (TPSA) is 63.4 Å². The summed E-state index contributed by atoms with van der Waals surface area (Å²) in [5.74, 6) is 0. The fraction of sp³-hybridized carbons (Fsp3) is 0. The third kappa shape index (κ3) is 1.27. The summed E-state index contributed by atoms with van der Waals surface area (Å²) in [6.07, 6.45) is 0. The van der Waals surface area contributed by atoms with Crippen LogP contribution in [0, 0.1) is 28.7 Å². The average Bonchev–Trinajstić information content (AvgIpc) is 2.75. The first-order valence-electron chi connectivity index (χ1n) is 5.10. The number of aromatic amines is 1. The van der Waals surface area contributed by atoms with Gasteiger partial charge in [-0.25, -0.2) is 0 Å². The molecule has 0 unspecified atom stereocenters. The fourth-order valence-corrected chi connectivity index (χ4v) is 2.04. The van der Waals surface area contributed by atoms with Gasteiger partial charge in [-0.2, -0.15) is 10.5 Å². The van der Waals surface area contributed by atoms with Gasteiger partial charge in [-0.05, 0) is 24.3 Å². The lowest BCUT2D eigenvalue weighted by molar-refractivity contribution is 1.48. The van der Waals surface area contributed by atoms with Gasteiger partial charge in [0.25, 0.3) is 0 Å². The second kappa shape index (κ2) is 3.37. The Bertz CT molecular complexity index is 813. The van der Waals surface area contributed by atoms with Crippen LogP contribution in [0.2, 0.25) is 0 Å². The van der Waals surface area contributed by atoms with Crippen molar-refractivity contribution in [2.45, 2.75) is 0 Å². The van der Waals surface area contributed by atoms with Crippen LogP contribution < -0.4 is 0 Å². The van der Waals surface area contributed by atoms with Gasteiger partial charge in [-0.3, -0.25) is 0 Å². The van der Waals surface area contributed by atoms with Crippen LogP contribution in [0.5, 0.6) is 0 Å². The van der Waals surface area contributed by atoms with Gasteiger partial charge in [0.15, 0.2) is 0 Å². The number of hydrogen-bond donors (Lipinski definition) is 1. The molecule has 0 saturated carbocycles. The minimum atomic E-state index is 0.547. The average molecular weight is 216 g/mol. The number of fused-ring (bicyclic) bond motifs is 3. The fourth-order valence-electron chi connectivity index (χ4n) is 2.04. The zero-order valence-corrected chi connectivity index (χ0v) is 8.78. The van der Waals surface area contributed by atoms with Gasteiger partial charge < -0.3 is 4.98 Å². The van der Waals surface area contributed by atoms with Crippen LogP contribution in [0.4, 0.5) is 0 Å². The normalized spacial score (nSPS) is 10.2. The number of rotatable bonds is 0. The Morgan fingerprint density at radius 3 is 2.82 bits per heavy atom. The maximum atomic E-state index is 9.10. The number of H-pyrrole nitrogens is 1. The standard InChI is InChI=1S/C14H6N3/c15-7-9-4-5-12-11(6-9)14-10(8-16)2-1-3-13(14)17-12/h1-4,6,17H. The first-order chi connectivity index (χ1) is 8.33. The van der Waals surface area contributed by atoms with E-state index >= 15 is 0 Å². The summed E-state index contributed by atoms with van der Waals surface area (Å²) in [5.41, 5.74) is 2.87. The summed E-state index contributed by atoms with van der Waals surface area (Å²) in [6.45, 7) is 0. The monoisotopic (exact) mass is 216 g/mol. The van der Waals surface area contributed by atoms with E-state index in [0.29, 0.717) is 11.1 Å². The molecule has 0 aliphatic heterocycles. The second-order valence-electron chi connectivity index (χ2n) is 3.75. The number of nitrogens with zero attached hydrogens (tertiary/aromatic N) is 2. The highest BCUT2D eigenvalue weighted by molar-refractivity contribution is 6.10. The summed E-state index contributed by atoms with van der Waals surface area (Å²) in [4.78, 5) is 3.19. The van der Waals surface area contributed by atoms with Gasteiger partial charge >= 0.3 is 0 Å². The van der Waals surface area contributed by atoms with Gasteiger partial charge in [-0.15, -0.1) is 0 Å². The molecule has 3 aromatic rings. The van der Waals surface area contributed by atoms with Crippen molar-refractivity contribution in [2.24, 2.45) is 0 Å². The zero-order valence-electron chi connectivity index (χ0n) is 8.78. The Morgan fingerprint density at radius 2 is 2.06 bits per heavy atom. The van der Waals surface area contributed by atoms with Gasteiger partial charge in [0.05, 0.1) is 28.8 Å². The lowest BCUT2D eigenvalue weighted by atomic mass is 10.1. The number of benzene rings is 2. The lowest BCUT2D eigenvalue weighted by Crippen LogP contribution is -1.77. The SMILES string of the molecule is N#Cc1c[c]c2[nH]c3cccc(C#N)c3c2c1. The minimum absolute atomic E-state index is 0.547. The summed E-state index contributed by atoms with van der Waals surface area (Å²) >= 11 is 0. The molecule has 0 fully saturated rings. The van der Waals surface area contributed by atoms with Crippen molar-refractivity contribution in [1.82, 2.24) is 4.98 Å². The summed E-state index contributed by atoms with van der Waals surface area (Å²) in [6, 6.07) is 16.2. The maximum Gasteiger partial charge on any atom is 0.0998 e. The summed E-state index contributed by atoms with van der Waals surface area (Å²) in [5, 5.41) is 19.7. The molecule has 0 saturated heterocycles. The molecule has 0 amide bonds. The minimum Gasteiger partial charge on any atom is -0.354 e. The van der Waals surface area contributed by atoms with E-state index in [1.54, 1.807) is 18.2 Å². The highest BCUT2D eigenvalue weighted by atomic mass is 14.7. The molecule has 3 nitrogen and oxygen atoms in total. The summed E-state index contributed by atoms with van der Waals surface area (Å²) < 4.78 is 0.